The van der Waals surface area contributed by atoms with Gasteiger partial charge in [0.15, 0.2) is 0 Å². The number of nitrogens with zero attached hydrogens (tertiary/aromatic N) is 2. The van der Waals surface area contributed by atoms with Gasteiger partial charge in [-0.3, -0.25) is 4.79 Å². The second-order valence-corrected chi connectivity index (χ2v) is 4.11. The van der Waals surface area contributed by atoms with Crippen molar-refractivity contribution in [3.05, 3.63) is 29.8 Å². The molecule has 94 valence electrons. The summed E-state index contributed by atoms with van der Waals surface area (Å²) >= 11 is 0. The number of ether oxygens (including phenoxy) is 1. The van der Waals surface area contributed by atoms with Gasteiger partial charge in [0.2, 0.25) is 0 Å². The van der Waals surface area contributed by atoms with Crippen LogP contribution in [0.5, 0.6) is 0 Å². The molecular formula is C13H14N2O3. The van der Waals surface area contributed by atoms with Crippen molar-refractivity contribution in [3.8, 4) is 6.07 Å². The lowest BCUT2D eigenvalue weighted by atomic mass is 10.1. The van der Waals surface area contributed by atoms with E-state index in [9.17, 15) is 4.79 Å². The van der Waals surface area contributed by atoms with Gasteiger partial charge < -0.3 is 14.7 Å². The first-order chi connectivity index (χ1) is 8.74. The summed E-state index contributed by atoms with van der Waals surface area (Å²) in [5.74, 6) is -0.103. The maximum atomic E-state index is 11.8. The largest absolute Gasteiger partial charge is 0.396 e. The Morgan fingerprint density at radius 2 is 2.17 bits per heavy atom. The highest BCUT2D eigenvalue weighted by atomic mass is 16.5. The van der Waals surface area contributed by atoms with Crippen LogP contribution in [0.15, 0.2) is 24.3 Å². The maximum absolute atomic E-state index is 11.8. The number of hydrogen-bond donors (Lipinski definition) is 1. The van der Waals surface area contributed by atoms with Crippen molar-refractivity contribution in [3.63, 3.8) is 0 Å². The number of benzene rings is 1. The van der Waals surface area contributed by atoms with Gasteiger partial charge in [-0.1, -0.05) is 0 Å². The van der Waals surface area contributed by atoms with Gasteiger partial charge in [-0.25, -0.2) is 0 Å². The van der Waals surface area contributed by atoms with Crippen LogP contribution in [0.1, 0.15) is 12.0 Å². The molecule has 18 heavy (non-hydrogen) atoms. The number of carbonyl (C=O) groups excluding carboxylic acids is 1. The quantitative estimate of drug-likeness (QED) is 0.850. The zero-order valence-corrected chi connectivity index (χ0v) is 9.87. The molecule has 1 aromatic carbocycles. The molecule has 0 radical (unpaired) electrons. The molecule has 1 heterocycles. The summed E-state index contributed by atoms with van der Waals surface area (Å²) in [6.07, 6.45) is 0.378. The second-order valence-electron chi connectivity index (χ2n) is 4.11. The maximum Gasteiger partial charge on any atom is 0.253 e. The van der Waals surface area contributed by atoms with Gasteiger partial charge in [0, 0.05) is 12.3 Å². The zero-order chi connectivity index (χ0) is 13.0. The fourth-order valence-corrected chi connectivity index (χ4v) is 1.91. The fraction of sp³-hybridized carbons (Fsp3) is 0.385. The van der Waals surface area contributed by atoms with Crippen LogP contribution < -0.4 is 4.90 Å². The van der Waals surface area contributed by atoms with Crippen LogP contribution in [0, 0.1) is 11.3 Å². The zero-order valence-electron chi connectivity index (χ0n) is 9.87. The molecule has 1 amide bonds. The summed E-state index contributed by atoms with van der Waals surface area (Å²) in [5, 5.41) is 17.6. The summed E-state index contributed by atoms with van der Waals surface area (Å²) in [6.45, 7) is 0.510. The number of carbonyl (C=O) groups is 1. The molecule has 0 bridgehead atoms. The van der Waals surface area contributed by atoms with Crippen molar-refractivity contribution < 1.29 is 14.6 Å². The van der Waals surface area contributed by atoms with Gasteiger partial charge in [-0.05, 0) is 30.7 Å². The van der Waals surface area contributed by atoms with Crippen molar-refractivity contribution in [2.45, 2.75) is 12.5 Å². The van der Waals surface area contributed by atoms with Crippen LogP contribution in [-0.2, 0) is 9.53 Å². The van der Waals surface area contributed by atoms with E-state index in [1.807, 2.05) is 6.07 Å². The molecule has 5 heteroatoms. The third-order valence-corrected chi connectivity index (χ3v) is 2.89. The number of aliphatic hydroxyl groups is 1. The molecule has 1 aromatic rings. The fourth-order valence-electron chi connectivity index (χ4n) is 1.91. The molecule has 1 N–H and O–H groups in total. The Hall–Kier alpha value is -1.90. The smallest absolute Gasteiger partial charge is 0.253 e. The number of nitriles is 1. The van der Waals surface area contributed by atoms with Gasteiger partial charge in [0.25, 0.3) is 5.91 Å². The van der Waals surface area contributed by atoms with Crippen molar-refractivity contribution in [2.75, 3.05) is 24.7 Å². The molecular weight excluding hydrogens is 232 g/mol. The highest BCUT2D eigenvalue weighted by Gasteiger charge is 2.26. The van der Waals surface area contributed by atoms with Gasteiger partial charge in [-0.15, -0.1) is 0 Å². The van der Waals surface area contributed by atoms with E-state index in [1.54, 1.807) is 29.2 Å². The van der Waals surface area contributed by atoms with Crippen LogP contribution in [-0.4, -0.2) is 36.9 Å². The first-order valence-electron chi connectivity index (χ1n) is 5.77. The van der Waals surface area contributed by atoms with Gasteiger partial charge in [-0.2, -0.15) is 5.26 Å². The standard InChI is InChI=1S/C13H14N2O3/c14-7-10-1-3-11(4-2-10)15-8-12(5-6-16)18-9-13(15)17/h1-4,12,16H,5-6,8-9H2. The van der Waals surface area contributed by atoms with Crippen LogP contribution in [0.3, 0.4) is 0 Å². The van der Waals surface area contributed by atoms with Crippen molar-refractivity contribution in [2.24, 2.45) is 0 Å². The third kappa shape index (κ3) is 2.67. The molecule has 1 aliphatic rings. The molecule has 1 unspecified atom stereocenters. The molecule has 0 spiro atoms. The minimum Gasteiger partial charge on any atom is -0.396 e. The molecule has 0 aromatic heterocycles. The van der Waals surface area contributed by atoms with E-state index in [2.05, 4.69) is 0 Å². The minimum atomic E-state index is -0.136. The number of hydrogen-bond acceptors (Lipinski definition) is 4. The Morgan fingerprint density at radius 1 is 1.44 bits per heavy atom. The second kappa shape index (κ2) is 5.63. The van der Waals surface area contributed by atoms with Crippen molar-refractivity contribution in [1.82, 2.24) is 0 Å². The van der Waals surface area contributed by atoms with E-state index in [4.69, 9.17) is 15.1 Å². The Balaban J connectivity index is 2.14. The van der Waals surface area contributed by atoms with Crippen molar-refractivity contribution in [1.29, 1.82) is 5.26 Å². The predicted molar refractivity (Wildman–Crippen MR) is 65.0 cm³/mol. The first-order valence-corrected chi connectivity index (χ1v) is 5.77. The van der Waals surface area contributed by atoms with Gasteiger partial charge >= 0.3 is 0 Å². The van der Waals surface area contributed by atoms with Crippen LogP contribution in [0.4, 0.5) is 5.69 Å². The average Bonchev–Trinajstić information content (AvgIpc) is 2.41. The highest BCUT2D eigenvalue weighted by Crippen LogP contribution is 2.20. The van der Waals surface area contributed by atoms with Gasteiger partial charge in [0.1, 0.15) is 6.61 Å². The van der Waals surface area contributed by atoms with E-state index >= 15 is 0 Å². The lowest BCUT2D eigenvalue weighted by Crippen LogP contribution is -2.47. The molecule has 5 nitrogen and oxygen atoms in total. The Bertz CT molecular complexity index is 464. The van der Waals surface area contributed by atoms with E-state index in [0.29, 0.717) is 18.5 Å². The third-order valence-electron chi connectivity index (χ3n) is 2.89. The predicted octanol–water partition coefficient (Wildman–Crippen LogP) is 0.672. The summed E-state index contributed by atoms with van der Waals surface area (Å²) in [4.78, 5) is 13.4. The summed E-state index contributed by atoms with van der Waals surface area (Å²) < 4.78 is 5.32. The Labute approximate surface area is 105 Å². The SMILES string of the molecule is N#Cc1ccc(N2CC(CCO)OCC2=O)cc1. The van der Waals surface area contributed by atoms with Gasteiger partial charge in [0.05, 0.1) is 24.3 Å². The number of anilines is 1. The normalized spacial score (nSPS) is 19.7. The average molecular weight is 246 g/mol. The van der Waals surface area contributed by atoms with Crippen molar-refractivity contribution >= 4 is 11.6 Å². The molecule has 1 aliphatic heterocycles. The minimum absolute atomic E-state index is 0.0324. The van der Waals surface area contributed by atoms with Crippen LogP contribution in [0.25, 0.3) is 0 Å². The summed E-state index contributed by atoms with van der Waals surface area (Å²) in [7, 11) is 0. The number of morpholine rings is 1. The number of amides is 1. The molecule has 1 saturated heterocycles. The Kier molecular flexibility index (Phi) is 3.92. The first kappa shape index (κ1) is 12.6. The molecule has 0 saturated carbocycles. The van der Waals surface area contributed by atoms with E-state index in [-0.39, 0.29) is 25.2 Å². The molecule has 1 fully saturated rings. The molecule has 2 rings (SSSR count). The summed E-state index contributed by atoms with van der Waals surface area (Å²) in [5.41, 5.74) is 1.32. The molecule has 0 aliphatic carbocycles. The number of aliphatic hydroxyl groups excluding tert-OH is 1. The van der Waals surface area contributed by atoms with E-state index in [1.165, 1.54) is 0 Å². The highest BCUT2D eigenvalue weighted by molar-refractivity contribution is 5.95. The topological polar surface area (TPSA) is 73.6 Å². The molecule has 1 atom stereocenters. The summed E-state index contributed by atoms with van der Waals surface area (Å²) in [6, 6.07) is 8.89. The van der Waals surface area contributed by atoms with Crippen LogP contribution >= 0.6 is 0 Å². The lowest BCUT2D eigenvalue weighted by molar-refractivity contribution is -0.129. The van der Waals surface area contributed by atoms with E-state index < -0.39 is 0 Å². The van der Waals surface area contributed by atoms with Crippen LogP contribution in [0.2, 0.25) is 0 Å². The monoisotopic (exact) mass is 246 g/mol. The number of rotatable bonds is 3. The Morgan fingerprint density at radius 3 is 2.78 bits per heavy atom. The van der Waals surface area contributed by atoms with E-state index in [0.717, 1.165) is 5.69 Å². The lowest BCUT2D eigenvalue weighted by Gasteiger charge is -2.32.